The van der Waals surface area contributed by atoms with Crippen molar-refractivity contribution in [2.45, 2.75) is 0 Å². The first kappa shape index (κ1) is 26.9. The van der Waals surface area contributed by atoms with Crippen LogP contribution in [0, 0.1) is 5.82 Å². The summed E-state index contributed by atoms with van der Waals surface area (Å²) in [6, 6.07) is 63.7. The zero-order valence-corrected chi connectivity index (χ0v) is 25.7. The van der Waals surface area contributed by atoms with Crippen LogP contribution in [0.25, 0.3) is 10.8 Å². The first-order chi connectivity index (χ1) is 21.2. The fraction of sp³-hybridized carbons (Fsp3) is 0. The number of hydrogen-bond acceptors (Lipinski definition) is 1. The van der Waals surface area contributed by atoms with Gasteiger partial charge in [0.2, 0.25) is 0 Å². The van der Waals surface area contributed by atoms with Crippen LogP contribution < -0.4 is 22.5 Å². The zero-order valence-electron chi connectivity index (χ0n) is 23.6. The molecule has 0 spiro atoms. The van der Waals surface area contributed by atoms with E-state index in [0.29, 0.717) is 0 Å². The van der Waals surface area contributed by atoms with Gasteiger partial charge in [0.1, 0.15) is 0 Å². The number of hydrogen-bond donors (Lipinski definition) is 0. The molecule has 3 heteroatoms. The Morgan fingerprint density at radius 2 is 0.744 bits per heavy atom. The number of fused-ring (bicyclic) bond motifs is 1. The molecule has 0 N–H and O–H groups in total. The molecule has 0 fully saturated rings. The number of halogens is 1. The van der Waals surface area contributed by atoms with E-state index in [1.165, 1.54) is 35.1 Å². The Bertz CT molecular complexity index is 1860. The molecule has 206 valence electrons. The van der Waals surface area contributed by atoms with Crippen molar-refractivity contribution in [3.05, 3.63) is 188 Å². The molecule has 7 aromatic carbocycles. The summed E-state index contributed by atoms with van der Waals surface area (Å²) in [7, 11) is 0. The van der Waals surface area contributed by atoms with E-state index < -0.39 is 13.3 Å². The van der Waals surface area contributed by atoms with E-state index in [9.17, 15) is 4.39 Å². The molecule has 0 heterocycles. The molecule has 0 saturated carbocycles. The van der Waals surface area contributed by atoms with Crippen molar-refractivity contribution in [2.24, 2.45) is 0 Å². The van der Waals surface area contributed by atoms with Crippen LogP contribution in [0.1, 0.15) is 0 Å². The fourth-order valence-corrected chi connectivity index (χ4v) is 16.2. The van der Waals surface area contributed by atoms with Gasteiger partial charge in [-0.05, 0) is 0 Å². The Balaban J connectivity index is 1.43. The zero-order chi connectivity index (χ0) is 29.1. The fourth-order valence-electron chi connectivity index (χ4n) is 6.28. The van der Waals surface area contributed by atoms with Crippen molar-refractivity contribution in [1.82, 2.24) is 0 Å². The van der Waals surface area contributed by atoms with Gasteiger partial charge in [-0.3, -0.25) is 0 Å². The quantitative estimate of drug-likeness (QED) is 0.165. The van der Waals surface area contributed by atoms with E-state index in [1.54, 1.807) is 0 Å². The SMILES string of the molecule is Fc1ccc(N(c2cc[c]([Ge]([c]3ccccc3)([c]3ccccc3)[c]3ccccc3)cc2)c2ccc3ccccc3c2)cc1. The topological polar surface area (TPSA) is 3.24 Å². The number of benzene rings is 7. The van der Waals surface area contributed by atoms with Gasteiger partial charge in [-0.25, -0.2) is 0 Å². The van der Waals surface area contributed by atoms with E-state index in [1.807, 2.05) is 12.1 Å². The van der Waals surface area contributed by atoms with Gasteiger partial charge < -0.3 is 0 Å². The third-order valence-electron chi connectivity index (χ3n) is 8.25. The van der Waals surface area contributed by atoms with Crippen LogP contribution >= 0.6 is 0 Å². The molecule has 0 aromatic heterocycles. The maximum absolute atomic E-state index is 14.0. The van der Waals surface area contributed by atoms with Crippen LogP contribution in [0.3, 0.4) is 0 Å². The van der Waals surface area contributed by atoms with Crippen molar-refractivity contribution < 1.29 is 4.39 Å². The number of rotatable bonds is 7. The molecule has 0 aliphatic carbocycles. The van der Waals surface area contributed by atoms with Gasteiger partial charge in [0.05, 0.1) is 0 Å². The predicted molar refractivity (Wildman–Crippen MR) is 182 cm³/mol. The van der Waals surface area contributed by atoms with Crippen LogP contribution in [0.2, 0.25) is 0 Å². The third-order valence-corrected chi connectivity index (χ3v) is 18.3. The molecule has 1 nitrogen and oxygen atoms in total. The summed E-state index contributed by atoms with van der Waals surface area (Å²) in [5.41, 5.74) is 2.96. The third kappa shape index (κ3) is 5.05. The monoisotopic (exact) mass is 617 g/mol. The summed E-state index contributed by atoms with van der Waals surface area (Å²) in [4.78, 5) is 2.21. The Morgan fingerprint density at radius 3 is 1.26 bits per heavy atom. The van der Waals surface area contributed by atoms with Crippen molar-refractivity contribution in [3.8, 4) is 0 Å². The summed E-state index contributed by atoms with van der Waals surface area (Å²) in [6.45, 7) is 0. The second-order valence-corrected chi connectivity index (χ2v) is 18.7. The average molecular weight is 616 g/mol. The van der Waals surface area contributed by atoms with Gasteiger partial charge in [0.25, 0.3) is 0 Å². The molecular formula is C40H30FGeN. The van der Waals surface area contributed by atoms with Crippen LogP contribution in [-0.2, 0) is 0 Å². The summed E-state index contributed by atoms with van der Waals surface area (Å²) in [5, 5.41) is 2.35. The van der Waals surface area contributed by atoms with Crippen LogP contribution in [0.15, 0.2) is 182 Å². The summed E-state index contributed by atoms with van der Waals surface area (Å²) >= 11 is -3.37. The van der Waals surface area contributed by atoms with Gasteiger partial charge in [0.15, 0.2) is 0 Å². The summed E-state index contributed by atoms with van der Waals surface area (Å²) in [6.07, 6.45) is 0. The predicted octanol–water partition coefficient (Wildman–Crippen LogP) is 7.83. The molecule has 7 aromatic rings. The van der Waals surface area contributed by atoms with E-state index in [-0.39, 0.29) is 5.82 Å². The van der Waals surface area contributed by atoms with Crippen LogP contribution in [0.5, 0.6) is 0 Å². The molecular weight excluding hydrogens is 586 g/mol. The summed E-state index contributed by atoms with van der Waals surface area (Å²) < 4.78 is 19.5. The molecule has 0 aliphatic rings. The molecule has 7 rings (SSSR count). The molecule has 43 heavy (non-hydrogen) atoms. The second kappa shape index (κ2) is 11.8. The van der Waals surface area contributed by atoms with Gasteiger partial charge in [0, 0.05) is 0 Å². The maximum atomic E-state index is 14.0. The van der Waals surface area contributed by atoms with Crippen molar-refractivity contribution in [3.63, 3.8) is 0 Å². The number of anilines is 3. The van der Waals surface area contributed by atoms with Crippen molar-refractivity contribution >= 4 is 58.7 Å². The van der Waals surface area contributed by atoms with Gasteiger partial charge >= 0.3 is 256 Å². The van der Waals surface area contributed by atoms with E-state index in [2.05, 4.69) is 163 Å². The first-order valence-corrected chi connectivity index (χ1v) is 18.7. The minimum absolute atomic E-state index is 0.246. The molecule has 0 radical (unpaired) electrons. The molecule has 0 unspecified atom stereocenters. The van der Waals surface area contributed by atoms with Crippen molar-refractivity contribution in [2.75, 3.05) is 4.90 Å². The van der Waals surface area contributed by atoms with E-state index in [0.717, 1.165) is 22.4 Å². The normalized spacial score (nSPS) is 11.4. The van der Waals surface area contributed by atoms with Crippen molar-refractivity contribution in [1.29, 1.82) is 0 Å². The Morgan fingerprint density at radius 1 is 0.349 bits per heavy atom. The molecule has 0 atom stereocenters. The Hall–Kier alpha value is -4.93. The second-order valence-electron chi connectivity index (χ2n) is 10.7. The standard InChI is InChI=1S/C40H30FGeN/c41-33-21-26-38(27-22-33)43(40-25-20-31-12-10-11-13-32(31)30-40)39-28-23-37(24-29-39)42(34-14-4-1-5-15-34,35-16-6-2-7-17-35)36-18-8-3-9-19-36/h1-30H. The molecule has 0 saturated heterocycles. The van der Waals surface area contributed by atoms with E-state index >= 15 is 0 Å². The molecule has 0 aliphatic heterocycles. The summed E-state index contributed by atoms with van der Waals surface area (Å²) in [5.74, 6) is -0.246. The number of nitrogens with zero attached hydrogens (tertiary/aromatic N) is 1. The van der Waals surface area contributed by atoms with Gasteiger partial charge in [-0.1, -0.05) is 0 Å². The van der Waals surface area contributed by atoms with E-state index in [4.69, 9.17) is 0 Å². The van der Waals surface area contributed by atoms with Gasteiger partial charge in [-0.15, -0.1) is 0 Å². The van der Waals surface area contributed by atoms with Gasteiger partial charge in [-0.2, -0.15) is 0 Å². The Labute approximate surface area is 254 Å². The molecule has 0 bridgehead atoms. The molecule has 0 amide bonds. The minimum atomic E-state index is -3.37. The van der Waals surface area contributed by atoms with Crippen LogP contribution in [0.4, 0.5) is 21.5 Å². The Kier molecular flexibility index (Phi) is 7.36. The first-order valence-electron chi connectivity index (χ1n) is 14.5. The van der Waals surface area contributed by atoms with Crippen LogP contribution in [-0.4, -0.2) is 13.3 Å². The average Bonchev–Trinajstić information content (AvgIpc) is 3.08.